The molecule has 21 heavy (non-hydrogen) atoms. The Morgan fingerprint density at radius 3 is 2.71 bits per heavy atom. The average molecular weight is 312 g/mol. The molecular formula is C15H24N2O3S. The molecule has 0 spiro atoms. The van der Waals surface area contributed by atoms with Crippen molar-refractivity contribution >= 4 is 10.0 Å². The highest BCUT2D eigenvalue weighted by atomic mass is 32.2. The van der Waals surface area contributed by atoms with Crippen LogP contribution in [-0.2, 0) is 14.8 Å². The average Bonchev–Trinajstić information content (AvgIpc) is 2.64. The number of sulfonamides is 1. The molecule has 1 atom stereocenters. The second-order valence-corrected chi connectivity index (χ2v) is 7.74. The Labute approximate surface area is 127 Å². The van der Waals surface area contributed by atoms with Crippen LogP contribution in [0.2, 0.25) is 0 Å². The lowest BCUT2D eigenvalue weighted by Crippen LogP contribution is -2.38. The van der Waals surface area contributed by atoms with Gasteiger partial charge in [0, 0.05) is 25.6 Å². The van der Waals surface area contributed by atoms with E-state index in [4.69, 9.17) is 4.74 Å². The van der Waals surface area contributed by atoms with Crippen molar-refractivity contribution < 1.29 is 13.2 Å². The van der Waals surface area contributed by atoms with Crippen molar-refractivity contribution in [2.45, 2.75) is 11.8 Å². The molecule has 1 aromatic carbocycles. The minimum Gasteiger partial charge on any atom is -0.380 e. The van der Waals surface area contributed by atoms with Crippen LogP contribution in [0, 0.1) is 12.8 Å². The van der Waals surface area contributed by atoms with E-state index in [9.17, 15) is 8.42 Å². The van der Waals surface area contributed by atoms with Crippen molar-refractivity contribution in [2.24, 2.45) is 5.92 Å². The molecule has 6 heteroatoms. The third-order valence-corrected chi connectivity index (χ3v) is 5.66. The first-order chi connectivity index (χ1) is 9.91. The number of aryl methyl sites for hydroxylation is 1. The third kappa shape index (κ3) is 4.03. The lowest BCUT2D eigenvalue weighted by atomic mass is 10.1. The van der Waals surface area contributed by atoms with Crippen LogP contribution in [0.1, 0.15) is 5.56 Å². The Hall–Kier alpha value is -0.950. The Kier molecular flexibility index (Phi) is 5.37. The maximum absolute atomic E-state index is 12.8. The monoisotopic (exact) mass is 312 g/mol. The van der Waals surface area contributed by atoms with Crippen molar-refractivity contribution in [2.75, 3.05) is 46.9 Å². The summed E-state index contributed by atoms with van der Waals surface area (Å²) in [6.07, 6.45) is 0. The third-order valence-electron chi connectivity index (χ3n) is 3.64. The van der Waals surface area contributed by atoms with Crippen LogP contribution >= 0.6 is 0 Å². The first-order valence-electron chi connectivity index (χ1n) is 7.19. The van der Waals surface area contributed by atoms with Crippen LogP contribution in [0.4, 0.5) is 0 Å². The van der Waals surface area contributed by atoms with E-state index in [1.54, 1.807) is 16.4 Å². The molecule has 1 fully saturated rings. The fraction of sp³-hybridized carbons (Fsp3) is 0.600. The predicted molar refractivity (Wildman–Crippen MR) is 82.8 cm³/mol. The summed E-state index contributed by atoms with van der Waals surface area (Å²) in [5, 5.41) is 0. The number of rotatable bonds is 4. The minimum atomic E-state index is -3.45. The Bertz CT molecular complexity index is 572. The number of hydrogen-bond donors (Lipinski definition) is 0. The van der Waals surface area contributed by atoms with Crippen LogP contribution in [0.15, 0.2) is 29.2 Å². The summed E-state index contributed by atoms with van der Waals surface area (Å²) in [6.45, 7) is 4.64. The summed E-state index contributed by atoms with van der Waals surface area (Å²) in [5.74, 6) is 0.196. The summed E-state index contributed by atoms with van der Waals surface area (Å²) in [7, 11) is 0.532. The van der Waals surface area contributed by atoms with Gasteiger partial charge in [-0.15, -0.1) is 0 Å². The Balaban J connectivity index is 2.24. The largest absolute Gasteiger partial charge is 0.380 e. The number of ether oxygens (including phenoxy) is 1. The van der Waals surface area contributed by atoms with Crippen molar-refractivity contribution in [1.82, 2.24) is 9.21 Å². The predicted octanol–water partition coefficient (Wildman–Crippen LogP) is 1.19. The van der Waals surface area contributed by atoms with Crippen molar-refractivity contribution in [1.29, 1.82) is 0 Å². The molecule has 1 saturated heterocycles. The van der Waals surface area contributed by atoms with Gasteiger partial charge in [0.1, 0.15) is 0 Å². The molecule has 2 rings (SSSR count). The van der Waals surface area contributed by atoms with E-state index >= 15 is 0 Å². The lowest BCUT2D eigenvalue weighted by molar-refractivity contribution is 0.113. The van der Waals surface area contributed by atoms with E-state index in [0.717, 1.165) is 12.1 Å². The Morgan fingerprint density at radius 2 is 2.05 bits per heavy atom. The van der Waals surface area contributed by atoms with Gasteiger partial charge >= 0.3 is 0 Å². The van der Waals surface area contributed by atoms with E-state index in [1.807, 2.05) is 33.2 Å². The van der Waals surface area contributed by atoms with E-state index in [2.05, 4.69) is 4.90 Å². The molecule has 118 valence electrons. The smallest absolute Gasteiger partial charge is 0.243 e. The van der Waals surface area contributed by atoms with Gasteiger partial charge in [0.15, 0.2) is 0 Å². The molecule has 0 aromatic heterocycles. The molecule has 0 saturated carbocycles. The molecule has 0 unspecified atom stereocenters. The van der Waals surface area contributed by atoms with Gasteiger partial charge in [0.25, 0.3) is 0 Å². The molecule has 0 bridgehead atoms. The van der Waals surface area contributed by atoms with Crippen LogP contribution in [0.5, 0.6) is 0 Å². The van der Waals surface area contributed by atoms with Gasteiger partial charge < -0.3 is 9.64 Å². The van der Waals surface area contributed by atoms with Crippen molar-refractivity contribution in [3.63, 3.8) is 0 Å². The van der Waals surface area contributed by atoms with Gasteiger partial charge in [-0.2, -0.15) is 4.31 Å². The molecule has 1 heterocycles. The molecule has 5 nitrogen and oxygen atoms in total. The standard InChI is InChI=1S/C15H24N2O3S/c1-13-6-4-5-7-15(13)21(18,19)17-8-9-20-12-14(11-17)10-16(2)3/h4-7,14H,8-12H2,1-3H3/t14-/m0/s1. The van der Waals surface area contributed by atoms with Gasteiger partial charge in [-0.1, -0.05) is 18.2 Å². The van der Waals surface area contributed by atoms with E-state index in [-0.39, 0.29) is 5.92 Å². The number of benzene rings is 1. The SMILES string of the molecule is Cc1ccccc1S(=O)(=O)N1CCOC[C@@H](CN(C)C)C1. The molecule has 1 aliphatic heterocycles. The summed E-state index contributed by atoms with van der Waals surface area (Å²) >= 11 is 0. The number of nitrogens with zero attached hydrogens (tertiary/aromatic N) is 2. The van der Waals surface area contributed by atoms with Gasteiger partial charge in [-0.3, -0.25) is 0 Å². The zero-order chi connectivity index (χ0) is 15.5. The van der Waals surface area contributed by atoms with Gasteiger partial charge in [0.05, 0.1) is 18.1 Å². The second-order valence-electron chi connectivity index (χ2n) is 5.83. The van der Waals surface area contributed by atoms with Gasteiger partial charge in [-0.05, 0) is 32.6 Å². The van der Waals surface area contributed by atoms with Crippen LogP contribution in [0.3, 0.4) is 0 Å². The Morgan fingerprint density at radius 1 is 1.33 bits per heavy atom. The quantitative estimate of drug-likeness (QED) is 0.838. The van der Waals surface area contributed by atoms with Crippen LogP contribution in [0.25, 0.3) is 0 Å². The fourth-order valence-corrected chi connectivity index (χ4v) is 4.40. The zero-order valence-corrected chi connectivity index (χ0v) is 13.8. The zero-order valence-electron chi connectivity index (χ0n) is 12.9. The van der Waals surface area contributed by atoms with Gasteiger partial charge in [0.2, 0.25) is 10.0 Å². The summed E-state index contributed by atoms with van der Waals surface area (Å²) in [6, 6.07) is 7.14. The fourth-order valence-electron chi connectivity index (χ4n) is 2.68. The highest BCUT2D eigenvalue weighted by Crippen LogP contribution is 2.22. The van der Waals surface area contributed by atoms with Crippen molar-refractivity contribution in [3.05, 3.63) is 29.8 Å². The van der Waals surface area contributed by atoms with E-state index < -0.39 is 10.0 Å². The molecule has 0 N–H and O–H groups in total. The normalized spacial score (nSPS) is 21.4. The van der Waals surface area contributed by atoms with Crippen LogP contribution in [-0.4, -0.2) is 64.6 Å². The molecule has 1 aromatic rings. The number of hydrogen-bond acceptors (Lipinski definition) is 4. The molecule has 0 aliphatic carbocycles. The minimum absolute atomic E-state index is 0.196. The van der Waals surface area contributed by atoms with Gasteiger partial charge in [-0.25, -0.2) is 8.42 Å². The summed E-state index contributed by atoms with van der Waals surface area (Å²) in [5.41, 5.74) is 0.784. The highest BCUT2D eigenvalue weighted by Gasteiger charge is 2.30. The topological polar surface area (TPSA) is 49.9 Å². The molecular weight excluding hydrogens is 288 g/mol. The van der Waals surface area contributed by atoms with Crippen LogP contribution < -0.4 is 0 Å². The molecule has 1 aliphatic rings. The first kappa shape index (κ1) is 16.4. The van der Waals surface area contributed by atoms with E-state index in [1.165, 1.54) is 0 Å². The first-order valence-corrected chi connectivity index (χ1v) is 8.63. The maximum Gasteiger partial charge on any atom is 0.243 e. The van der Waals surface area contributed by atoms with E-state index in [0.29, 0.717) is 31.2 Å². The maximum atomic E-state index is 12.8. The lowest BCUT2D eigenvalue weighted by Gasteiger charge is -2.25. The van der Waals surface area contributed by atoms with Crippen molar-refractivity contribution in [3.8, 4) is 0 Å². The molecule has 0 radical (unpaired) electrons. The summed E-state index contributed by atoms with van der Waals surface area (Å²) in [4.78, 5) is 2.47. The highest BCUT2D eigenvalue weighted by molar-refractivity contribution is 7.89. The second kappa shape index (κ2) is 6.87. The molecule has 0 amide bonds. The summed E-state index contributed by atoms with van der Waals surface area (Å²) < 4.78 is 32.8.